The Morgan fingerprint density at radius 3 is 2.93 bits per heavy atom. The molecule has 152 valence electrons. The summed E-state index contributed by atoms with van der Waals surface area (Å²) in [4.78, 5) is 15.2. The van der Waals surface area contributed by atoms with E-state index in [1.54, 1.807) is 13.2 Å². The van der Waals surface area contributed by atoms with Gasteiger partial charge in [0.05, 0.1) is 5.92 Å². The zero-order valence-corrected chi connectivity index (χ0v) is 16.6. The second-order valence-corrected chi connectivity index (χ2v) is 8.10. The average molecular weight is 387 g/mol. The average Bonchev–Trinajstić information content (AvgIpc) is 3.50. The van der Waals surface area contributed by atoms with Crippen molar-refractivity contribution in [1.82, 2.24) is 14.8 Å². The van der Waals surface area contributed by atoms with Gasteiger partial charge in [-0.15, -0.1) is 0 Å². The first-order chi connectivity index (χ1) is 13.7. The van der Waals surface area contributed by atoms with Gasteiger partial charge in [-0.1, -0.05) is 0 Å². The molecule has 1 unspecified atom stereocenters. The van der Waals surface area contributed by atoms with Gasteiger partial charge < -0.3 is 19.5 Å². The van der Waals surface area contributed by atoms with E-state index in [1.165, 1.54) is 6.07 Å². The van der Waals surface area contributed by atoms with Gasteiger partial charge >= 0.3 is 0 Å². The topological polar surface area (TPSA) is 46.5 Å². The van der Waals surface area contributed by atoms with E-state index in [0.29, 0.717) is 19.2 Å². The van der Waals surface area contributed by atoms with Gasteiger partial charge in [0.1, 0.15) is 5.82 Å². The number of piperidine rings is 1. The minimum atomic E-state index is -0.232. The fourth-order valence-corrected chi connectivity index (χ4v) is 4.29. The third-order valence-electron chi connectivity index (χ3n) is 5.93. The Balaban J connectivity index is 1.59. The maximum absolute atomic E-state index is 14.0. The number of rotatable bonds is 8. The molecular formula is C22H30FN3O2. The van der Waals surface area contributed by atoms with Crippen LogP contribution in [0.4, 0.5) is 4.39 Å². The van der Waals surface area contributed by atoms with Crippen LogP contribution in [0.5, 0.6) is 0 Å². The lowest BCUT2D eigenvalue weighted by Gasteiger charge is -2.29. The quantitative estimate of drug-likeness (QED) is 0.707. The van der Waals surface area contributed by atoms with Crippen LogP contribution in [0.1, 0.15) is 37.7 Å². The molecule has 28 heavy (non-hydrogen) atoms. The van der Waals surface area contributed by atoms with Crippen LogP contribution in [-0.4, -0.2) is 48.2 Å². The Hall–Kier alpha value is -1.92. The highest BCUT2D eigenvalue weighted by Crippen LogP contribution is 2.33. The van der Waals surface area contributed by atoms with Crippen molar-refractivity contribution in [2.75, 3.05) is 26.8 Å². The zero-order valence-electron chi connectivity index (χ0n) is 16.6. The van der Waals surface area contributed by atoms with Crippen LogP contribution in [0.15, 0.2) is 24.4 Å². The molecule has 1 aliphatic heterocycles. The first-order valence-electron chi connectivity index (χ1n) is 10.4. The van der Waals surface area contributed by atoms with Crippen LogP contribution < -0.4 is 5.32 Å². The summed E-state index contributed by atoms with van der Waals surface area (Å²) in [7, 11) is 1.70. The van der Waals surface area contributed by atoms with Gasteiger partial charge in [-0.2, -0.15) is 0 Å². The molecule has 1 atom stereocenters. The number of amides is 1. The van der Waals surface area contributed by atoms with Crippen LogP contribution in [0.25, 0.3) is 10.9 Å². The molecule has 5 nitrogen and oxygen atoms in total. The molecule has 4 rings (SSSR count). The molecule has 1 saturated carbocycles. The maximum Gasteiger partial charge on any atom is 0.227 e. The van der Waals surface area contributed by atoms with Crippen LogP contribution in [0, 0.1) is 11.7 Å². The van der Waals surface area contributed by atoms with E-state index in [4.69, 9.17) is 4.74 Å². The Labute approximate surface area is 165 Å². The fourth-order valence-electron chi connectivity index (χ4n) is 4.29. The smallest absolute Gasteiger partial charge is 0.227 e. The van der Waals surface area contributed by atoms with E-state index >= 15 is 0 Å². The van der Waals surface area contributed by atoms with Gasteiger partial charge in [0.15, 0.2) is 0 Å². The summed E-state index contributed by atoms with van der Waals surface area (Å²) in [5, 5.41) is 4.27. The van der Waals surface area contributed by atoms with E-state index < -0.39 is 0 Å². The molecule has 1 aliphatic carbocycles. The Morgan fingerprint density at radius 1 is 1.36 bits per heavy atom. The van der Waals surface area contributed by atoms with Crippen LogP contribution in [-0.2, 0) is 22.6 Å². The van der Waals surface area contributed by atoms with Crippen molar-refractivity contribution in [3.8, 4) is 0 Å². The van der Waals surface area contributed by atoms with Crippen molar-refractivity contribution in [3.63, 3.8) is 0 Å². The van der Waals surface area contributed by atoms with Crippen molar-refractivity contribution in [3.05, 3.63) is 35.8 Å². The Morgan fingerprint density at radius 2 is 2.21 bits per heavy atom. The van der Waals surface area contributed by atoms with Crippen LogP contribution >= 0.6 is 0 Å². The van der Waals surface area contributed by atoms with Crippen LogP contribution in [0.3, 0.4) is 0 Å². The second-order valence-electron chi connectivity index (χ2n) is 8.10. The number of fused-ring (bicyclic) bond motifs is 1. The largest absolute Gasteiger partial charge is 0.385 e. The molecule has 2 aromatic rings. The Kier molecular flexibility index (Phi) is 5.97. The van der Waals surface area contributed by atoms with E-state index in [0.717, 1.165) is 68.2 Å². The van der Waals surface area contributed by atoms with Gasteiger partial charge in [0.25, 0.3) is 0 Å². The third-order valence-corrected chi connectivity index (χ3v) is 5.93. The molecule has 0 spiro atoms. The number of aromatic nitrogens is 1. The van der Waals surface area contributed by atoms with E-state index in [1.807, 2.05) is 6.07 Å². The number of methoxy groups -OCH3 is 1. The summed E-state index contributed by atoms with van der Waals surface area (Å²) in [5.74, 6) is 0.0942. The molecule has 1 amide bonds. The first kappa shape index (κ1) is 19.4. The summed E-state index contributed by atoms with van der Waals surface area (Å²) in [5.41, 5.74) is 2.06. The predicted molar refractivity (Wildman–Crippen MR) is 108 cm³/mol. The van der Waals surface area contributed by atoms with Crippen molar-refractivity contribution in [1.29, 1.82) is 0 Å². The molecule has 2 fully saturated rings. The van der Waals surface area contributed by atoms with E-state index in [9.17, 15) is 9.18 Å². The molecule has 6 heteroatoms. The van der Waals surface area contributed by atoms with Gasteiger partial charge in [-0.3, -0.25) is 4.79 Å². The highest BCUT2D eigenvalue weighted by atomic mass is 19.1. The minimum Gasteiger partial charge on any atom is -0.385 e. The number of hydrogen-bond donors (Lipinski definition) is 1. The number of halogens is 1. The molecule has 0 bridgehead atoms. The standard InChI is InChI=1S/C22H30FN3O2/c1-28-11-3-10-25-14-17(20-12-18(23)5-8-21(20)25)15-26(19-6-7-19)22(27)16-4-2-9-24-13-16/h5,8,12,14,16,19,24H,2-4,6-7,9-11,13,15H2,1H3. The highest BCUT2D eigenvalue weighted by molar-refractivity contribution is 5.85. The number of nitrogens with one attached hydrogen (secondary N) is 1. The summed E-state index contributed by atoms with van der Waals surface area (Å²) in [6.45, 7) is 3.85. The molecule has 1 saturated heterocycles. The highest BCUT2D eigenvalue weighted by Gasteiger charge is 2.36. The monoisotopic (exact) mass is 387 g/mol. The fraction of sp³-hybridized carbons (Fsp3) is 0.591. The summed E-state index contributed by atoms with van der Waals surface area (Å²) < 4.78 is 21.3. The predicted octanol–water partition coefficient (Wildman–Crippen LogP) is 3.31. The van der Waals surface area contributed by atoms with Crippen molar-refractivity contribution < 1.29 is 13.9 Å². The summed E-state index contributed by atoms with van der Waals surface area (Å²) in [6, 6.07) is 5.30. The van der Waals surface area contributed by atoms with E-state index in [-0.39, 0.29) is 17.6 Å². The SMILES string of the molecule is COCCCn1cc(CN(C(=O)C2CCCNC2)C2CC2)c2cc(F)ccc21. The molecule has 2 heterocycles. The van der Waals surface area contributed by atoms with Crippen molar-refractivity contribution in [2.45, 2.75) is 51.2 Å². The normalized spacial score (nSPS) is 19.9. The van der Waals surface area contributed by atoms with Crippen molar-refractivity contribution in [2.24, 2.45) is 5.92 Å². The summed E-state index contributed by atoms with van der Waals surface area (Å²) >= 11 is 0. The van der Waals surface area contributed by atoms with E-state index in [2.05, 4.69) is 21.0 Å². The van der Waals surface area contributed by atoms with Gasteiger partial charge in [0.2, 0.25) is 5.91 Å². The number of aryl methyl sites for hydroxylation is 1. The van der Waals surface area contributed by atoms with Crippen LogP contribution in [0.2, 0.25) is 0 Å². The molecule has 1 N–H and O–H groups in total. The lowest BCUT2D eigenvalue weighted by Crippen LogP contribution is -2.43. The molecule has 1 aromatic carbocycles. The number of carbonyl (C=O) groups excluding carboxylic acids is 1. The third kappa shape index (κ3) is 4.23. The number of hydrogen-bond acceptors (Lipinski definition) is 3. The van der Waals surface area contributed by atoms with Gasteiger partial charge in [-0.25, -0.2) is 4.39 Å². The number of nitrogens with zero attached hydrogens (tertiary/aromatic N) is 2. The first-order valence-corrected chi connectivity index (χ1v) is 10.4. The zero-order chi connectivity index (χ0) is 19.5. The van der Waals surface area contributed by atoms with Gasteiger partial charge in [-0.05, 0) is 62.4 Å². The molecule has 2 aliphatic rings. The molecular weight excluding hydrogens is 357 g/mol. The Bertz CT molecular complexity index is 825. The van der Waals surface area contributed by atoms with Crippen molar-refractivity contribution >= 4 is 16.8 Å². The lowest BCUT2D eigenvalue weighted by atomic mass is 9.97. The molecule has 0 radical (unpaired) electrons. The summed E-state index contributed by atoms with van der Waals surface area (Å²) in [6.07, 6.45) is 7.17. The number of benzene rings is 1. The minimum absolute atomic E-state index is 0.0705. The number of ether oxygens (including phenoxy) is 1. The second kappa shape index (κ2) is 8.62. The molecule has 1 aromatic heterocycles. The van der Waals surface area contributed by atoms with Gasteiger partial charge in [0, 0.05) is 56.5 Å². The maximum atomic E-state index is 14.0. The lowest BCUT2D eigenvalue weighted by molar-refractivity contribution is -0.137. The number of carbonyl (C=O) groups is 1.